The van der Waals surface area contributed by atoms with Gasteiger partial charge in [-0.3, -0.25) is 9.89 Å². The van der Waals surface area contributed by atoms with E-state index in [0.717, 1.165) is 44.2 Å². The van der Waals surface area contributed by atoms with Crippen LogP contribution in [0.1, 0.15) is 19.4 Å². The predicted molar refractivity (Wildman–Crippen MR) is 102 cm³/mol. The van der Waals surface area contributed by atoms with Crippen LogP contribution in [0.2, 0.25) is 0 Å². The van der Waals surface area contributed by atoms with Crippen LogP contribution in [0.5, 0.6) is 0 Å². The van der Waals surface area contributed by atoms with E-state index in [1.54, 1.807) is 19.2 Å². The van der Waals surface area contributed by atoms with Gasteiger partial charge in [0.05, 0.1) is 0 Å². The van der Waals surface area contributed by atoms with Gasteiger partial charge in [-0.2, -0.15) is 0 Å². The molecule has 1 unspecified atom stereocenters. The largest absolute Gasteiger partial charge is 0.355 e. The lowest BCUT2D eigenvalue weighted by atomic mass is 10.0. The fraction of sp³-hybridized carbons (Fsp3) is 0.632. The van der Waals surface area contributed by atoms with Crippen LogP contribution in [-0.4, -0.2) is 68.6 Å². The molecule has 0 aromatic heterocycles. The molecular weight excluding hydrogens is 317 g/mol. The van der Waals surface area contributed by atoms with Gasteiger partial charge in [0.1, 0.15) is 5.82 Å². The van der Waals surface area contributed by atoms with Crippen molar-refractivity contribution in [3.63, 3.8) is 0 Å². The van der Waals surface area contributed by atoms with E-state index in [-0.39, 0.29) is 5.82 Å². The summed E-state index contributed by atoms with van der Waals surface area (Å²) in [6.45, 7) is 10.4. The molecule has 1 heterocycles. The van der Waals surface area contributed by atoms with E-state index in [1.165, 1.54) is 6.07 Å². The number of nitrogens with zero attached hydrogens (tertiary/aromatic N) is 3. The van der Waals surface area contributed by atoms with E-state index < -0.39 is 0 Å². The average Bonchev–Trinajstić information content (AvgIpc) is 2.59. The summed E-state index contributed by atoms with van der Waals surface area (Å²) in [5.74, 6) is 1.11. The number of nitrogens with one attached hydrogen (secondary N) is 2. The molecule has 0 radical (unpaired) electrons. The fourth-order valence-electron chi connectivity index (χ4n) is 3.19. The summed E-state index contributed by atoms with van der Waals surface area (Å²) < 4.78 is 13.3. The number of aliphatic imine (C=N–C) groups is 1. The van der Waals surface area contributed by atoms with E-state index in [0.29, 0.717) is 18.5 Å². The number of piperazine rings is 1. The zero-order chi connectivity index (χ0) is 18.2. The molecule has 0 spiro atoms. The van der Waals surface area contributed by atoms with Gasteiger partial charge < -0.3 is 15.5 Å². The number of benzene rings is 1. The Morgan fingerprint density at radius 1 is 1.20 bits per heavy atom. The predicted octanol–water partition coefficient (Wildman–Crippen LogP) is 1.76. The van der Waals surface area contributed by atoms with Gasteiger partial charge in [0.15, 0.2) is 5.96 Å². The Labute approximate surface area is 151 Å². The number of hydrogen-bond acceptors (Lipinski definition) is 3. The van der Waals surface area contributed by atoms with Crippen molar-refractivity contribution in [3.05, 3.63) is 35.6 Å². The number of hydrogen-bond donors (Lipinski definition) is 2. The summed E-state index contributed by atoms with van der Waals surface area (Å²) in [5.41, 5.74) is 0.905. The Kier molecular flexibility index (Phi) is 7.65. The summed E-state index contributed by atoms with van der Waals surface area (Å²) in [7, 11) is 3.94. The van der Waals surface area contributed by atoms with E-state index in [2.05, 4.69) is 46.3 Å². The minimum Gasteiger partial charge on any atom is -0.355 e. The topological polar surface area (TPSA) is 42.9 Å². The highest BCUT2D eigenvalue weighted by atomic mass is 19.1. The lowest BCUT2D eigenvalue weighted by molar-refractivity contribution is 0.0900. The number of guanidine groups is 1. The molecule has 1 saturated heterocycles. The Bertz CT molecular complexity index is 553. The van der Waals surface area contributed by atoms with Crippen molar-refractivity contribution in [2.45, 2.75) is 26.4 Å². The van der Waals surface area contributed by atoms with Crippen molar-refractivity contribution in [2.24, 2.45) is 10.9 Å². The number of halogens is 1. The fourth-order valence-corrected chi connectivity index (χ4v) is 3.19. The van der Waals surface area contributed by atoms with Gasteiger partial charge in [0, 0.05) is 52.4 Å². The molecule has 1 aromatic rings. The molecule has 0 saturated carbocycles. The smallest absolute Gasteiger partial charge is 0.191 e. The van der Waals surface area contributed by atoms with E-state index in [9.17, 15) is 4.39 Å². The third-order valence-electron chi connectivity index (χ3n) is 4.83. The van der Waals surface area contributed by atoms with Crippen molar-refractivity contribution < 1.29 is 4.39 Å². The average molecular weight is 349 g/mol. The first kappa shape index (κ1) is 19.7. The molecule has 1 aliphatic heterocycles. The third kappa shape index (κ3) is 6.29. The second kappa shape index (κ2) is 9.73. The molecule has 2 rings (SSSR count). The van der Waals surface area contributed by atoms with Gasteiger partial charge >= 0.3 is 0 Å². The molecule has 140 valence electrons. The minimum absolute atomic E-state index is 0.211. The number of likely N-dealkylation sites (N-methyl/N-ethyl adjacent to an activating group) is 1. The highest BCUT2D eigenvalue weighted by Crippen LogP contribution is 2.12. The van der Waals surface area contributed by atoms with Crippen LogP contribution in [0, 0.1) is 11.7 Å². The molecule has 5 nitrogen and oxygen atoms in total. The standard InChI is InChI=1S/C19H32FN5/c1-15(2)18(25-10-8-24(4)9-11-25)14-23-19(21-3)22-13-16-6-5-7-17(20)12-16/h5-7,12,15,18H,8-11,13-14H2,1-4H3,(H2,21,22,23). The summed E-state index contributed by atoms with van der Waals surface area (Å²) in [6.07, 6.45) is 0. The Morgan fingerprint density at radius 3 is 2.52 bits per heavy atom. The molecule has 0 aliphatic carbocycles. The summed E-state index contributed by atoms with van der Waals surface area (Å²) in [5, 5.41) is 6.70. The highest BCUT2D eigenvalue weighted by molar-refractivity contribution is 5.79. The minimum atomic E-state index is -0.211. The van der Waals surface area contributed by atoms with Crippen molar-refractivity contribution >= 4 is 5.96 Å². The van der Waals surface area contributed by atoms with E-state index >= 15 is 0 Å². The van der Waals surface area contributed by atoms with Crippen LogP contribution in [0.4, 0.5) is 4.39 Å². The number of rotatable bonds is 6. The van der Waals surface area contributed by atoms with Gasteiger partial charge in [0.25, 0.3) is 0 Å². The molecule has 1 aliphatic rings. The van der Waals surface area contributed by atoms with Crippen molar-refractivity contribution in [3.8, 4) is 0 Å². The third-order valence-corrected chi connectivity index (χ3v) is 4.83. The quantitative estimate of drug-likeness (QED) is 0.607. The van der Waals surface area contributed by atoms with Gasteiger partial charge in [-0.15, -0.1) is 0 Å². The lowest BCUT2D eigenvalue weighted by Gasteiger charge is -2.40. The second-order valence-electron chi connectivity index (χ2n) is 7.09. The molecule has 2 N–H and O–H groups in total. The molecule has 25 heavy (non-hydrogen) atoms. The second-order valence-corrected chi connectivity index (χ2v) is 7.09. The van der Waals surface area contributed by atoms with Crippen LogP contribution in [0.3, 0.4) is 0 Å². The molecule has 6 heteroatoms. The molecule has 1 aromatic carbocycles. The normalized spacial score (nSPS) is 18.4. The molecule has 0 bridgehead atoms. The summed E-state index contributed by atoms with van der Waals surface area (Å²) >= 11 is 0. The zero-order valence-corrected chi connectivity index (χ0v) is 15.9. The van der Waals surface area contributed by atoms with Gasteiger partial charge in [-0.05, 0) is 30.7 Å². The molecule has 1 atom stereocenters. The maximum Gasteiger partial charge on any atom is 0.191 e. The maximum atomic E-state index is 13.3. The molecule has 1 fully saturated rings. The van der Waals surface area contributed by atoms with Gasteiger partial charge in [0.2, 0.25) is 0 Å². The van der Waals surface area contributed by atoms with Crippen LogP contribution in [0.15, 0.2) is 29.3 Å². The monoisotopic (exact) mass is 349 g/mol. The zero-order valence-electron chi connectivity index (χ0n) is 15.9. The van der Waals surface area contributed by atoms with Crippen molar-refractivity contribution in [1.29, 1.82) is 0 Å². The van der Waals surface area contributed by atoms with E-state index in [1.807, 2.05) is 6.07 Å². The van der Waals surface area contributed by atoms with Crippen LogP contribution >= 0.6 is 0 Å². The Morgan fingerprint density at radius 2 is 1.92 bits per heavy atom. The van der Waals surface area contributed by atoms with Gasteiger partial charge in [-0.1, -0.05) is 26.0 Å². The lowest BCUT2D eigenvalue weighted by Crippen LogP contribution is -2.55. The summed E-state index contributed by atoms with van der Waals surface area (Å²) in [4.78, 5) is 9.23. The van der Waals surface area contributed by atoms with Crippen LogP contribution in [0.25, 0.3) is 0 Å². The first-order valence-electron chi connectivity index (χ1n) is 9.11. The van der Waals surface area contributed by atoms with Crippen LogP contribution < -0.4 is 10.6 Å². The Balaban J connectivity index is 1.85. The van der Waals surface area contributed by atoms with Gasteiger partial charge in [-0.25, -0.2) is 4.39 Å². The maximum absolute atomic E-state index is 13.3. The highest BCUT2D eigenvalue weighted by Gasteiger charge is 2.24. The first-order chi connectivity index (χ1) is 12.0. The van der Waals surface area contributed by atoms with Crippen molar-refractivity contribution in [1.82, 2.24) is 20.4 Å². The molecule has 0 amide bonds. The molecular formula is C19H32FN5. The van der Waals surface area contributed by atoms with Crippen molar-refractivity contribution in [2.75, 3.05) is 46.8 Å². The SMILES string of the molecule is CN=C(NCc1cccc(F)c1)NCC(C(C)C)N1CCN(C)CC1. The first-order valence-corrected chi connectivity index (χ1v) is 9.11. The summed E-state index contributed by atoms with van der Waals surface area (Å²) in [6, 6.07) is 7.11. The Hall–Kier alpha value is -1.66. The van der Waals surface area contributed by atoms with E-state index in [4.69, 9.17) is 0 Å². The van der Waals surface area contributed by atoms with Crippen LogP contribution in [-0.2, 0) is 6.54 Å².